The lowest BCUT2D eigenvalue weighted by Crippen LogP contribution is -2.28. The second-order valence-corrected chi connectivity index (χ2v) is 6.75. The Morgan fingerprint density at radius 1 is 1.15 bits per heavy atom. The highest BCUT2D eigenvalue weighted by atomic mass is 16.2. The molecule has 1 heterocycles. The predicted octanol–water partition coefficient (Wildman–Crippen LogP) is 4.12. The van der Waals surface area contributed by atoms with E-state index in [0.29, 0.717) is 0 Å². The van der Waals surface area contributed by atoms with Gasteiger partial charge in [0.15, 0.2) is 0 Å². The van der Waals surface area contributed by atoms with Crippen LogP contribution < -0.4 is 0 Å². The van der Waals surface area contributed by atoms with Crippen molar-refractivity contribution in [3.63, 3.8) is 0 Å². The number of rotatable bonds is 5. The molecular weight excluding hydrogens is 336 g/mol. The summed E-state index contributed by atoms with van der Waals surface area (Å²) in [6.45, 7) is 6.14. The van der Waals surface area contributed by atoms with Gasteiger partial charge in [-0.1, -0.05) is 35.9 Å². The summed E-state index contributed by atoms with van der Waals surface area (Å²) in [5, 5.41) is 4.12. The van der Waals surface area contributed by atoms with E-state index in [1.54, 1.807) is 22.0 Å². The molecule has 1 atom stereocenters. The molecule has 0 N–H and O–H groups in total. The summed E-state index contributed by atoms with van der Waals surface area (Å²) in [7, 11) is 1.82. The molecule has 0 aliphatic heterocycles. The minimum Gasteiger partial charge on any atom is -0.335 e. The maximum absolute atomic E-state index is 12.6. The predicted molar refractivity (Wildman–Crippen MR) is 107 cm³/mol. The summed E-state index contributed by atoms with van der Waals surface area (Å²) in [4.78, 5) is 18.3. The Kier molecular flexibility index (Phi) is 5.50. The van der Waals surface area contributed by atoms with Crippen LogP contribution in [0.5, 0.6) is 0 Å². The molecule has 138 valence electrons. The van der Waals surface area contributed by atoms with Crippen molar-refractivity contribution < 1.29 is 4.79 Å². The number of aromatic nitrogens is 3. The maximum atomic E-state index is 12.6. The molecule has 0 spiro atoms. The van der Waals surface area contributed by atoms with Crippen molar-refractivity contribution in [3.8, 4) is 5.69 Å². The monoisotopic (exact) mass is 360 g/mol. The maximum Gasteiger partial charge on any atom is 0.246 e. The van der Waals surface area contributed by atoms with Gasteiger partial charge in [-0.15, -0.1) is 0 Å². The molecule has 2 aromatic carbocycles. The summed E-state index contributed by atoms with van der Waals surface area (Å²) in [5.41, 5.74) is 5.45. The summed E-state index contributed by atoms with van der Waals surface area (Å²) in [6.07, 6.45) is 6.68. The first-order valence-corrected chi connectivity index (χ1v) is 8.93. The molecule has 0 aliphatic carbocycles. The van der Waals surface area contributed by atoms with Crippen LogP contribution in [0, 0.1) is 13.8 Å². The zero-order chi connectivity index (χ0) is 19.4. The van der Waals surface area contributed by atoms with Crippen molar-refractivity contribution in [2.45, 2.75) is 26.8 Å². The van der Waals surface area contributed by atoms with Crippen LogP contribution in [0.15, 0.2) is 61.2 Å². The molecule has 5 heteroatoms. The Labute approximate surface area is 160 Å². The Morgan fingerprint density at radius 2 is 1.89 bits per heavy atom. The van der Waals surface area contributed by atoms with Crippen LogP contribution in [-0.4, -0.2) is 32.6 Å². The number of carbonyl (C=O) groups excluding carboxylic acids is 1. The molecule has 0 aliphatic rings. The lowest BCUT2D eigenvalue weighted by Gasteiger charge is -2.24. The van der Waals surface area contributed by atoms with E-state index < -0.39 is 0 Å². The molecule has 3 aromatic rings. The van der Waals surface area contributed by atoms with Gasteiger partial charge in [0.05, 0.1) is 11.7 Å². The molecule has 5 nitrogen and oxygen atoms in total. The van der Waals surface area contributed by atoms with E-state index in [-0.39, 0.29) is 11.9 Å². The number of nitrogens with zero attached hydrogens (tertiary/aromatic N) is 4. The van der Waals surface area contributed by atoms with Crippen LogP contribution in [0.4, 0.5) is 0 Å². The summed E-state index contributed by atoms with van der Waals surface area (Å²) in [6, 6.07) is 14.2. The highest BCUT2D eigenvalue weighted by molar-refractivity contribution is 5.92. The van der Waals surface area contributed by atoms with Crippen LogP contribution in [0.3, 0.4) is 0 Å². The van der Waals surface area contributed by atoms with Crippen LogP contribution in [0.2, 0.25) is 0 Å². The number of carbonyl (C=O) groups is 1. The van der Waals surface area contributed by atoms with Gasteiger partial charge >= 0.3 is 0 Å². The third-order valence-corrected chi connectivity index (χ3v) is 4.82. The first-order chi connectivity index (χ1) is 13.0. The molecule has 1 aromatic heterocycles. The molecule has 0 saturated heterocycles. The Morgan fingerprint density at radius 3 is 2.52 bits per heavy atom. The van der Waals surface area contributed by atoms with Gasteiger partial charge in [-0.2, -0.15) is 5.10 Å². The van der Waals surface area contributed by atoms with Crippen molar-refractivity contribution in [3.05, 3.63) is 83.4 Å². The highest BCUT2D eigenvalue weighted by Gasteiger charge is 2.15. The molecule has 0 radical (unpaired) electrons. The lowest BCUT2D eigenvalue weighted by atomic mass is 10.0. The minimum absolute atomic E-state index is 0.0252. The van der Waals surface area contributed by atoms with E-state index in [0.717, 1.165) is 16.8 Å². The minimum atomic E-state index is -0.0361. The molecule has 27 heavy (non-hydrogen) atoms. The van der Waals surface area contributed by atoms with E-state index in [4.69, 9.17) is 0 Å². The summed E-state index contributed by atoms with van der Waals surface area (Å²) < 4.78 is 1.70. The number of hydrogen-bond donors (Lipinski definition) is 0. The van der Waals surface area contributed by atoms with Crippen molar-refractivity contribution in [1.82, 2.24) is 19.7 Å². The molecular formula is C22H24N4O. The normalized spacial score (nSPS) is 12.3. The number of likely N-dealkylation sites (N-methyl/N-ethyl adjacent to an activating group) is 1. The third-order valence-electron chi connectivity index (χ3n) is 4.82. The van der Waals surface area contributed by atoms with E-state index in [2.05, 4.69) is 36.1 Å². The number of hydrogen-bond acceptors (Lipinski definition) is 3. The largest absolute Gasteiger partial charge is 0.335 e. The van der Waals surface area contributed by atoms with Gasteiger partial charge in [0.2, 0.25) is 5.91 Å². The smallest absolute Gasteiger partial charge is 0.246 e. The molecule has 0 saturated carbocycles. The quantitative estimate of drug-likeness (QED) is 0.643. The molecule has 1 amide bonds. The van der Waals surface area contributed by atoms with Crippen LogP contribution in [0.1, 0.15) is 35.2 Å². The molecule has 1 unspecified atom stereocenters. The summed E-state index contributed by atoms with van der Waals surface area (Å²) in [5.74, 6) is -0.0252. The topological polar surface area (TPSA) is 51.0 Å². The Balaban J connectivity index is 1.69. The van der Waals surface area contributed by atoms with Gasteiger partial charge in [-0.05, 0) is 55.7 Å². The average Bonchev–Trinajstić information content (AvgIpc) is 3.21. The first-order valence-electron chi connectivity index (χ1n) is 8.93. The van der Waals surface area contributed by atoms with Crippen molar-refractivity contribution in [2.24, 2.45) is 0 Å². The molecule has 0 bridgehead atoms. The van der Waals surface area contributed by atoms with E-state index in [1.807, 2.05) is 50.4 Å². The van der Waals surface area contributed by atoms with Crippen molar-refractivity contribution in [1.29, 1.82) is 0 Å². The van der Waals surface area contributed by atoms with E-state index in [9.17, 15) is 4.79 Å². The second-order valence-electron chi connectivity index (χ2n) is 6.75. The zero-order valence-corrected chi connectivity index (χ0v) is 16.1. The van der Waals surface area contributed by atoms with Gasteiger partial charge in [0.25, 0.3) is 0 Å². The Hall–Kier alpha value is -3.21. The second kappa shape index (κ2) is 7.99. The fourth-order valence-corrected chi connectivity index (χ4v) is 2.95. The first kappa shape index (κ1) is 18.6. The van der Waals surface area contributed by atoms with E-state index in [1.165, 1.54) is 17.5 Å². The highest BCUT2D eigenvalue weighted by Crippen LogP contribution is 2.21. The Bertz CT molecular complexity index is 943. The van der Waals surface area contributed by atoms with Crippen LogP contribution >= 0.6 is 0 Å². The third kappa shape index (κ3) is 4.31. The zero-order valence-electron chi connectivity index (χ0n) is 16.1. The van der Waals surface area contributed by atoms with Gasteiger partial charge in [-0.25, -0.2) is 9.67 Å². The van der Waals surface area contributed by atoms with Gasteiger partial charge < -0.3 is 4.90 Å². The lowest BCUT2D eigenvalue weighted by molar-refractivity contribution is -0.126. The number of aryl methyl sites for hydroxylation is 2. The number of amides is 1. The SMILES string of the molecule is Cc1ccc(/C=C/C(=O)N(C)C(C)c2ccc(-n3cncn3)cc2)c(C)c1. The van der Waals surface area contributed by atoms with Gasteiger partial charge in [-0.3, -0.25) is 4.79 Å². The summed E-state index contributed by atoms with van der Waals surface area (Å²) >= 11 is 0. The van der Waals surface area contributed by atoms with E-state index >= 15 is 0 Å². The fourth-order valence-electron chi connectivity index (χ4n) is 2.95. The fraction of sp³-hybridized carbons (Fsp3) is 0.227. The van der Waals surface area contributed by atoms with Gasteiger partial charge in [0.1, 0.15) is 12.7 Å². The van der Waals surface area contributed by atoms with Crippen LogP contribution in [-0.2, 0) is 4.79 Å². The van der Waals surface area contributed by atoms with Crippen molar-refractivity contribution >= 4 is 12.0 Å². The standard InChI is InChI=1S/C22H24N4O/c1-16-5-6-19(17(2)13-16)9-12-22(27)25(4)18(3)20-7-10-21(11-8-20)26-15-23-14-24-26/h5-15,18H,1-4H3/b12-9+. The number of benzene rings is 2. The van der Waals surface area contributed by atoms with Crippen molar-refractivity contribution in [2.75, 3.05) is 7.05 Å². The molecule has 3 rings (SSSR count). The average molecular weight is 360 g/mol. The van der Waals surface area contributed by atoms with Gasteiger partial charge in [0, 0.05) is 13.1 Å². The molecule has 0 fully saturated rings. The van der Waals surface area contributed by atoms with Crippen LogP contribution in [0.25, 0.3) is 11.8 Å².